The Kier molecular flexibility index (Phi) is 5.32. The van der Waals surface area contributed by atoms with Crippen molar-refractivity contribution in [3.63, 3.8) is 0 Å². The molecule has 3 aromatic carbocycles. The Labute approximate surface area is 147 Å². The van der Waals surface area contributed by atoms with Gasteiger partial charge in [0.05, 0.1) is 7.11 Å². The van der Waals surface area contributed by atoms with E-state index in [0.717, 1.165) is 22.7 Å². The Morgan fingerprint density at radius 3 is 2.16 bits per heavy atom. The molecule has 0 spiro atoms. The number of benzene rings is 3. The van der Waals surface area contributed by atoms with Gasteiger partial charge in [0, 0.05) is 17.4 Å². The maximum atomic E-state index is 12.9. The van der Waals surface area contributed by atoms with Crippen LogP contribution in [0.4, 0.5) is 11.4 Å². The van der Waals surface area contributed by atoms with Crippen LogP contribution < -0.4 is 15.4 Å². The van der Waals surface area contributed by atoms with E-state index in [-0.39, 0.29) is 5.91 Å². The van der Waals surface area contributed by atoms with Gasteiger partial charge in [-0.05, 0) is 29.8 Å². The molecule has 0 fully saturated rings. The molecule has 1 amide bonds. The molecular formula is C21H20N2O2. The molecule has 0 saturated carbocycles. The average Bonchev–Trinajstić information content (AvgIpc) is 2.67. The smallest absolute Gasteiger partial charge is 0.251 e. The van der Waals surface area contributed by atoms with Gasteiger partial charge in [-0.2, -0.15) is 0 Å². The number of para-hydroxylation sites is 1. The lowest BCUT2D eigenvalue weighted by Crippen LogP contribution is -2.27. The second-order valence-corrected chi connectivity index (χ2v) is 5.58. The zero-order valence-corrected chi connectivity index (χ0v) is 14.0. The molecule has 3 aromatic rings. The lowest BCUT2D eigenvalue weighted by Gasteiger charge is -2.20. The summed E-state index contributed by atoms with van der Waals surface area (Å²) in [7, 11) is 1.62. The number of anilines is 2. The largest absolute Gasteiger partial charge is 0.497 e. The van der Waals surface area contributed by atoms with Crippen LogP contribution in [0, 0.1) is 0 Å². The average molecular weight is 332 g/mol. The Hall–Kier alpha value is -3.27. The second kappa shape index (κ2) is 8.02. The van der Waals surface area contributed by atoms with Gasteiger partial charge in [-0.3, -0.25) is 4.79 Å². The number of hydrogen-bond donors (Lipinski definition) is 2. The molecule has 0 aliphatic carbocycles. The van der Waals surface area contributed by atoms with Crippen LogP contribution in [0.15, 0.2) is 84.9 Å². The fourth-order valence-electron chi connectivity index (χ4n) is 2.56. The molecule has 0 aromatic heterocycles. The summed E-state index contributed by atoms with van der Waals surface area (Å²) in [5.41, 5.74) is 2.47. The van der Waals surface area contributed by atoms with Gasteiger partial charge in [-0.25, -0.2) is 0 Å². The highest BCUT2D eigenvalue weighted by molar-refractivity contribution is 5.97. The van der Waals surface area contributed by atoms with Crippen molar-refractivity contribution in [3.8, 4) is 5.75 Å². The van der Waals surface area contributed by atoms with Crippen molar-refractivity contribution in [1.82, 2.24) is 0 Å². The quantitative estimate of drug-likeness (QED) is 0.699. The number of nitrogens with one attached hydrogen (secondary N) is 2. The van der Waals surface area contributed by atoms with Crippen LogP contribution in [0.25, 0.3) is 0 Å². The summed E-state index contributed by atoms with van der Waals surface area (Å²) in [5, 5.41) is 6.25. The minimum absolute atomic E-state index is 0.125. The first-order valence-corrected chi connectivity index (χ1v) is 8.08. The molecule has 0 heterocycles. The van der Waals surface area contributed by atoms with Gasteiger partial charge in [0.1, 0.15) is 11.8 Å². The lowest BCUT2D eigenvalue weighted by molar-refractivity contribution is -0.117. The van der Waals surface area contributed by atoms with Crippen LogP contribution >= 0.6 is 0 Å². The van der Waals surface area contributed by atoms with E-state index in [1.54, 1.807) is 7.11 Å². The summed E-state index contributed by atoms with van der Waals surface area (Å²) in [5.74, 6) is 0.612. The zero-order valence-electron chi connectivity index (χ0n) is 14.0. The van der Waals surface area contributed by atoms with Crippen molar-refractivity contribution in [3.05, 3.63) is 90.5 Å². The molecule has 0 aliphatic heterocycles. The first kappa shape index (κ1) is 16.6. The molecule has 0 bridgehead atoms. The normalized spacial score (nSPS) is 11.4. The summed E-state index contributed by atoms with van der Waals surface area (Å²) in [6.07, 6.45) is 0. The first-order chi connectivity index (χ1) is 12.3. The number of carbonyl (C=O) groups is 1. The molecule has 1 atom stereocenters. The van der Waals surface area contributed by atoms with E-state index in [0.29, 0.717) is 0 Å². The van der Waals surface area contributed by atoms with E-state index in [1.807, 2.05) is 84.9 Å². The highest BCUT2D eigenvalue weighted by Gasteiger charge is 2.20. The monoisotopic (exact) mass is 332 g/mol. The number of amides is 1. The molecule has 1 unspecified atom stereocenters. The van der Waals surface area contributed by atoms with E-state index < -0.39 is 6.04 Å². The minimum atomic E-state index is -0.520. The second-order valence-electron chi connectivity index (χ2n) is 5.58. The summed E-state index contributed by atoms with van der Waals surface area (Å²) >= 11 is 0. The highest BCUT2D eigenvalue weighted by Crippen LogP contribution is 2.24. The van der Waals surface area contributed by atoms with Crippen molar-refractivity contribution in [2.24, 2.45) is 0 Å². The molecule has 0 radical (unpaired) electrons. The molecule has 25 heavy (non-hydrogen) atoms. The number of methoxy groups -OCH3 is 1. The number of hydrogen-bond acceptors (Lipinski definition) is 3. The lowest BCUT2D eigenvalue weighted by atomic mass is 10.1. The van der Waals surface area contributed by atoms with E-state index in [9.17, 15) is 4.79 Å². The summed E-state index contributed by atoms with van der Waals surface area (Å²) in [6.45, 7) is 0. The number of ether oxygens (including phenoxy) is 1. The SMILES string of the molecule is COc1cccc(NC(C(=O)Nc2ccccc2)c2ccccc2)c1. The number of carbonyl (C=O) groups excluding carboxylic acids is 1. The Balaban J connectivity index is 1.86. The van der Waals surface area contributed by atoms with Gasteiger partial charge < -0.3 is 15.4 Å². The molecule has 0 aliphatic rings. The van der Waals surface area contributed by atoms with E-state index >= 15 is 0 Å². The third-order valence-corrected chi connectivity index (χ3v) is 3.82. The highest BCUT2D eigenvalue weighted by atomic mass is 16.5. The summed E-state index contributed by atoms with van der Waals surface area (Å²) in [6, 6.07) is 26.1. The van der Waals surface area contributed by atoms with E-state index in [2.05, 4.69) is 10.6 Å². The molecule has 126 valence electrons. The van der Waals surface area contributed by atoms with Crippen LogP contribution in [-0.2, 0) is 4.79 Å². The van der Waals surface area contributed by atoms with Gasteiger partial charge in [0.25, 0.3) is 5.91 Å². The molecule has 0 saturated heterocycles. The Bertz CT molecular complexity index is 820. The topological polar surface area (TPSA) is 50.4 Å². The Morgan fingerprint density at radius 2 is 1.48 bits per heavy atom. The molecule has 4 nitrogen and oxygen atoms in total. The van der Waals surface area contributed by atoms with Crippen LogP contribution in [0.1, 0.15) is 11.6 Å². The summed E-state index contributed by atoms with van der Waals surface area (Å²) < 4.78 is 5.26. The molecule has 4 heteroatoms. The van der Waals surface area contributed by atoms with E-state index in [1.165, 1.54) is 0 Å². The van der Waals surface area contributed by atoms with Crippen LogP contribution in [0.2, 0.25) is 0 Å². The first-order valence-electron chi connectivity index (χ1n) is 8.08. The molecule has 2 N–H and O–H groups in total. The van der Waals surface area contributed by atoms with Gasteiger partial charge in [-0.15, -0.1) is 0 Å². The van der Waals surface area contributed by atoms with E-state index in [4.69, 9.17) is 4.74 Å². The van der Waals surface area contributed by atoms with Crippen molar-refractivity contribution in [1.29, 1.82) is 0 Å². The third-order valence-electron chi connectivity index (χ3n) is 3.82. The molecular weight excluding hydrogens is 312 g/mol. The van der Waals surface area contributed by atoms with Gasteiger partial charge in [0.2, 0.25) is 0 Å². The van der Waals surface area contributed by atoms with Crippen molar-refractivity contribution in [2.75, 3.05) is 17.7 Å². The Morgan fingerprint density at radius 1 is 0.840 bits per heavy atom. The van der Waals surface area contributed by atoms with Crippen molar-refractivity contribution >= 4 is 17.3 Å². The standard InChI is InChI=1S/C21H20N2O2/c1-25-19-14-8-13-18(15-19)22-20(16-9-4-2-5-10-16)21(24)23-17-11-6-3-7-12-17/h2-15,20,22H,1H3,(H,23,24). The maximum absolute atomic E-state index is 12.9. The van der Waals surface area contributed by atoms with Gasteiger partial charge in [0.15, 0.2) is 0 Å². The predicted octanol–water partition coefficient (Wildman–Crippen LogP) is 4.49. The van der Waals surface area contributed by atoms with Crippen LogP contribution in [-0.4, -0.2) is 13.0 Å². The fraction of sp³-hybridized carbons (Fsp3) is 0.0952. The zero-order chi connectivity index (χ0) is 17.5. The van der Waals surface area contributed by atoms with Gasteiger partial charge in [-0.1, -0.05) is 54.6 Å². The molecule has 3 rings (SSSR count). The maximum Gasteiger partial charge on any atom is 0.251 e. The van der Waals surface area contributed by atoms with Crippen molar-refractivity contribution in [2.45, 2.75) is 6.04 Å². The number of rotatable bonds is 6. The predicted molar refractivity (Wildman–Crippen MR) is 101 cm³/mol. The fourth-order valence-corrected chi connectivity index (χ4v) is 2.56. The summed E-state index contributed by atoms with van der Waals surface area (Å²) in [4.78, 5) is 12.9. The van der Waals surface area contributed by atoms with Crippen LogP contribution in [0.3, 0.4) is 0 Å². The third kappa shape index (κ3) is 4.38. The van der Waals surface area contributed by atoms with Gasteiger partial charge >= 0.3 is 0 Å². The minimum Gasteiger partial charge on any atom is -0.497 e. The van der Waals surface area contributed by atoms with Crippen molar-refractivity contribution < 1.29 is 9.53 Å². The van der Waals surface area contributed by atoms with Crippen LogP contribution in [0.5, 0.6) is 5.75 Å².